The number of nitrogens with one attached hydrogen (secondary N) is 4. The van der Waals surface area contributed by atoms with E-state index in [1.54, 1.807) is 0 Å². The maximum Gasteiger partial charge on any atom is 0.0412 e. The number of rotatable bonds is 11. The minimum Gasteiger partial charge on any atom is -0.383 e. The Morgan fingerprint density at radius 3 is 1.00 bits per heavy atom. The van der Waals surface area contributed by atoms with Gasteiger partial charge in [0.15, 0.2) is 0 Å². The second-order valence-electron chi connectivity index (χ2n) is 9.84. The Morgan fingerprint density at radius 1 is 0.459 bits per heavy atom. The van der Waals surface area contributed by atoms with Gasteiger partial charge in [0.05, 0.1) is 0 Å². The zero-order valence-electron chi connectivity index (χ0n) is 22.5. The van der Waals surface area contributed by atoms with Crippen LogP contribution in [0.2, 0.25) is 0 Å². The molecule has 0 atom stereocenters. The van der Waals surface area contributed by atoms with Crippen LogP contribution in [0.5, 0.6) is 0 Å². The van der Waals surface area contributed by atoms with Gasteiger partial charge in [0.1, 0.15) is 0 Å². The average Bonchev–Trinajstić information content (AvgIpc) is 2.88. The van der Waals surface area contributed by atoms with Crippen molar-refractivity contribution in [3.63, 3.8) is 0 Å². The number of benzene rings is 4. The lowest BCUT2D eigenvalue weighted by atomic mass is 10.2. The second kappa shape index (κ2) is 12.2. The molecule has 37 heavy (non-hydrogen) atoms. The lowest BCUT2D eigenvalue weighted by Gasteiger charge is -2.24. The van der Waals surface area contributed by atoms with Crippen LogP contribution in [-0.4, -0.2) is 18.6 Å². The molecule has 0 unspecified atom stereocenters. The number of hydrogen-bond donors (Lipinski definition) is 4. The van der Waals surface area contributed by atoms with Crippen molar-refractivity contribution in [2.75, 3.05) is 32.7 Å². The van der Waals surface area contributed by atoms with E-state index in [4.69, 9.17) is 0 Å². The van der Waals surface area contributed by atoms with Crippen molar-refractivity contribution in [2.24, 2.45) is 0 Å². The van der Waals surface area contributed by atoms with Crippen LogP contribution in [0.15, 0.2) is 97.1 Å². The van der Waals surface area contributed by atoms with Crippen LogP contribution in [0.25, 0.3) is 0 Å². The first-order chi connectivity index (χ1) is 17.9. The molecule has 0 radical (unpaired) electrons. The van der Waals surface area contributed by atoms with E-state index in [9.17, 15) is 0 Å². The summed E-state index contributed by atoms with van der Waals surface area (Å²) in [6, 6.07) is 34.9. The summed E-state index contributed by atoms with van der Waals surface area (Å²) in [5.41, 5.74) is 8.88. The minimum atomic E-state index is 0.421. The van der Waals surface area contributed by atoms with E-state index in [0.29, 0.717) is 12.1 Å². The van der Waals surface area contributed by atoms with E-state index in [0.717, 1.165) is 40.7 Å². The molecule has 192 valence electrons. The molecule has 0 fully saturated rings. The van der Waals surface area contributed by atoms with Gasteiger partial charge in [-0.05, 0) is 132 Å². The fourth-order valence-electron chi connectivity index (χ4n) is 4.26. The summed E-state index contributed by atoms with van der Waals surface area (Å²) in [7, 11) is 0. The molecule has 0 saturated carbocycles. The Balaban J connectivity index is 1.38. The van der Waals surface area contributed by atoms with Gasteiger partial charge in [0, 0.05) is 64.1 Å². The third-order valence-electron chi connectivity index (χ3n) is 5.93. The zero-order valence-corrected chi connectivity index (χ0v) is 22.5. The van der Waals surface area contributed by atoms with Crippen LogP contribution in [-0.2, 0) is 0 Å². The fraction of sp³-hybridized carbons (Fsp3) is 0.250. The maximum atomic E-state index is 3.49. The Hall–Kier alpha value is -4.12. The summed E-state index contributed by atoms with van der Waals surface area (Å²) >= 11 is 0. The van der Waals surface area contributed by atoms with E-state index in [1.165, 1.54) is 11.4 Å². The summed E-state index contributed by atoms with van der Waals surface area (Å²) in [4.78, 5) is 2.31. The first kappa shape index (κ1) is 26.0. The molecular formula is C32H39N5. The second-order valence-corrected chi connectivity index (χ2v) is 9.84. The Labute approximate surface area is 221 Å². The molecule has 4 aromatic rings. The quantitative estimate of drug-likeness (QED) is 0.168. The first-order valence-electron chi connectivity index (χ1n) is 13.1. The molecule has 0 spiro atoms. The van der Waals surface area contributed by atoms with E-state index in [2.05, 4.69) is 158 Å². The van der Waals surface area contributed by atoms with E-state index in [-0.39, 0.29) is 0 Å². The molecule has 0 bridgehead atoms. The van der Waals surface area contributed by atoms with Crippen LogP contribution >= 0.6 is 0 Å². The van der Waals surface area contributed by atoms with Crippen LogP contribution in [0.1, 0.15) is 34.6 Å². The average molecular weight is 494 g/mol. The molecule has 0 amide bonds. The predicted molar refractivity (Wildman–Crippen MR) is 163 cm³/mol. The molecule has 4 N–H and O–H groups in total. The van der Waals surface area contributed by atoms with Crippen molar-refractivity contribution in [3.8, 4) is 0 Å². The van der Waals surface area contributed by atoms with Crippen LogP contribution in [0.4, 0.5) is 45.5 Å². The van der Waals surface area contributed by atoms with E-state index in [1.807, 2.05) is 0 Å². The van der Waals surface area contributed by atoms with Gasteiger partial charge in [0.25, 0.3) is 0 Å². The highest BCUT2D eigenvalue weighted by atomic mass is 15.1. The van der Waals surface area contributed by atoms with Gasteiger partial charge in [-0.15, -0.1) is 0 Å². The highest BCUT2D eigenvalue weighted by Gasteiger charge is 2.08. The Bertz CT molecular complexity index is 1130. The Morgan fingerprint density at radius 2 is 0.730 bits per heavy atom. The molecule has 0 aliphatic heterocycles. The fourth-order valence-corrected chi connectivity index (χ4v) is 4.26. The van der Waals surface area contributed by atoms with Crippen molar-refractivity contribution in [3.05, 3.63) is 97.1 Å². The van der Waals surface area contributed by atoms with Gasteiger partial charge in [-0.1, -0.05) is 0 Å². The zero-order chi connectivity index (χ0) is 26.2. The van der Waals surface area contributed by atoms with Crippen molar-refractivity contribution >= 4 is 45.5 Å². The molecule has 0 saturated heterocycles. The number of hydrogen-bond acceptors (Lipinski definition) is 5. The van der Waals surface area contributed by atoms with Gasteiger partial charge in [-0.3, -0.25) is 0 Å². The van der Waals surface area contributed by atoms with Crippen LogP contribution in [0, 0.1) is 0 Å². The molecule has 0 aromatic heterocycles. The SMILES string of the molecule is CCN(c1ccc(Nc2ccc(NC(C)C)cc2)cc1)c1ccc(Nc2ccc(NC(C)C)cc2)cc1. The molecule has 4 rings (SSSR count). The third kappa shape index (κ3) is 7.43. The molecule has 0 aliphatic carbocycles. The molecule has 4 aromatic carbocycles. The van der Waals surface area contributed by atoms with Gasteiger partial charge in [-0.2, -0.15) is 0 Å². The number of anilines is 8. The van der Waals surface area contributed by atoms with Crippen LogP contribution in [0.3, 0.4) is 0 Å². The number of nitrogens with zero attached hydrogens (tertiary/aromatic N) is 1. The third-order valence-corrected chi connectivity index (χ3v) is 5.93. The topological polar surface area (TPSA) is 51.4 Å². The minimum absolute atomic E-state index is 0.421. The summed E-state index contributed by atoms with van der Waals surface area (Å²) in [6.07, 6.45) is 0. The monoisotopic (exact) mass is 493 g/mol. The highest BCUT2D eigenvalue weighted by Crippen LogP contribution is 2.29. The van der Waals surface area contributed by atoms with E-state index >= 15 is 0 Å². The molecule has 0 heterocycles. The normalized spacial score (nSPS) is 10.9. The predicted octanol–water partition coefficient (Wildman–Crippen LogP) is 8.97. The van der Waals surface area contributed by atoms with Crippen molar-refractivity contribution < 1.29 is 0 Å². The summed E-state index contributed by atoms with van der Waals surface area (Å²) in [5, 5.41) is 13.8. The van der Waals surface area contributed by atoms with Crippen molar-refractivity contribution in [1.82, 2.24) is 0 Å². The maximum absolute atomic E-state index is 3.49. The molecule has 5 heteroatoms. The van der Waals surface area contributed by atoms with Crippen molar-refractivity contribution in [1.29, 1.82) is 0 Å². The van der Waals surface area contributed by atoms with Crippen molar-refractivity contribution in [2.45, 2.75) is 46.7 Å². The molecular weight excluding hydrogens is 454 g/mol. The van der Waals surface area contributed by atoms with Gasteiger partial charge in [-0.25, -0.2) is 0 Å². The molecule has 0 aliphatic rings. The Kier molecular flexibility index (Phi) is 8.57. The highest BCUT2D eigenvalue weighted by molar-refractivity contribution is 5.71. The summed E-state index contributed by atoms with van der Waals surface area (Å²) in [6.45, 7) is 11.6. The van der Waals surface area contributed by atoms with Gasteiger partial charge >= 0.3 is 0 Å². The first-order valence-corrected chi connectivity index (χ1v) is 13.1. The smallest absolute Gasteiger partial charge is 0.0412 e. The lowest BCUT2D eigenvalue weighted by Crippen LogP contribution is -2.15. The molecule has 5 nitrogen and oxygen atoms in total. The summed E-state index contributed by atoms with van der Waals surface area (Å²) < 4.78 is 0. The van der Waals surface area contributed by atoms with E-state index < -0.39 is 0 Å². The lowest BCUT2D eigenvalue weighted by molar-refractivity contribution is 0.899. The standard InChI is InChI=1S/C32H39N5/c1-6-37(31-19-15-29(16-20-31)35-27-11-7-25(8-12-27)33-23(2)3)32-21-17-30(18-22-32)36-28-13-9-26(10-14-28)34-24(4)5/h7-24,33-36H,6H2,1-5H3. The van der Waals surface area contributed by atoms with Crippen LogP contribution < -0.4 is 26.2 Å². The van der Waals surface area contributed by atoms with Gasteiger partial charge < -0.3 is 26.2 Å². The largest absolute Gasteiger partial charge is 0.383 e. The summed E-state index contributed by atoms with van der Waals surface area (Å²) in [5.74, 6) is 0. The van der Waals surface area contributed by atoms with Gasteiger partial charge in [0.2, 0.25) is 0 Å².